The van der Waals surface area contributed by atoms with Crippen molar-refractivity contribution in [3.8, 4) is 11.5 Å². The number of rotatable bonds is 7. The molecule has 0 aliphatic carbocycles. The van der Waals surface area contributed by atoms with Gasteiger partial charge in [0, 0.05) is 12.3 Å². The number of carbonyl (C=O) groups excluding carboxylic acids is 1. The molecule has 0 aliphatic heterocycles. The molecule has 0 saturated heterocycles. The molecule has 1 N–H and O–H groups in total. The Balaban J connectivity index is 1.91. The average Bonchev–Trinajstić information content (AvgIpc) is 2.59. The number of hydrogen-bond donors (Lipinski definition) is 1. The van der Waals surface area contributed by atoms with E-state index in [1.54, 1.807) is 43.5 Å². The van der Waals surface area contributed by atoms with E-state index in [-0.39, 0.29) is 23.5 Å². The van der Waals surface area contributed by atoms with E-state index in [9.17, 15) is 13.2 Å². The Morgan fingerprint density at radius 3 is 2.36 bits per heavy atom. The van der Waals surface area contributed by atoms with Gasteiger partial charge in [-0.1, -0.05) is 18.2 Å². The van der Waals surface area contributed by atoms with Crippen molar-refractivity contribution in [3.05, 3.63) is 54.1 Å². The van der Waals surface area contributed by atoms with Gasteiger partial charge in [-0.2, -0.15) is 0 Å². The molecular formula is C18H21NO5S. The SMILES string of the molecule is COc1cccc(OCC(=O)N[C@H](C)c2ccc(S(C)(=O)=O)cc2)c1. The maximum atomic E-state index is 12.0. The molecule has 0 bridgehead atoms. The van der Waals surface area contributed by atoms with Gasteiger partial charge >= 0.3 is 0 Å². The summed E-state index contributed by atoms with van der Waals surface area (Å²) < 4.78 is 33.5. The Bertz CT molecular complexity index is 831. The zero-order valence-electron chi connectivity index (χ0n) is 14.4. The van der Waals surface area contributed by atoms with Gasteiger partial charge in [-0.15, -0.1) is 0 Å². The molecule has 0 saturated carbocycles. The summed E-state index contributed by atoms with van der Waals surface area (Å²) in [6, 6.07) is 13.2. The van der Waals surface area contributed by atoms with E-state index in [1.165, 1.54) is 12.1 Å². The fourth-order valence-corrected chi connectivity index (χ4v) is 2.84. The van der Waals surface area contributed by atoms with Crippen LogP contribution in [0.5, 0.6) is 11.5 Å². The molecular weight excluding hydrogens is 342 g/mol. The fourth-order valence-electron chi connectivity index (χ4n) is 2.21. The van der Waals surface area contributed by atoms with Gasteiger partial charge in [0.25, 0.3) is 5.91 Å². The summed E-state index contributed by atoms with van der Waals surface area (Å²) in [6.45, 7) is 1.69. The molecule has 25 heavy (non-hydrogen) atoms. The molecule has 134 valence electrons. The van der Waals surface area contributed by atoms with Crippen LogP contribution in [0.25, 0.3) is 0 Å². The Morgan fingerprint density at radius 1 is 1.12 bits per heavy atom. The number of methoxy groups -OCH3 is 1. The van der Waals surface area contributed by atoms with Crippen LogP contribution in [0.4, 0.5) is 0 Å². The van der Waals surface area contributed by atoms with Gasteiger partial charge in [0.15, 0.2) is 16.4 Å². The average molecular weight is 363 g/mol. The summed E-state index contributed by atoms with van der Waals surface area (Å²) in [5.41, 5.74) is 0.808. The lowest BCUT2D eigenvalue weighted by Crippen LogP contribution is -2.31. The third-order valence-electron chi connectivity index (χ3n) is 3.60. The van der Waals surface area contributed by atoms with E-state index < -0.39 is 9.84 Å². The van der Waals surface area contributed by atoms with Crippen LogP contribution in [0.1, 0.15) is 18.5 Å². The Labute approximate surface area is 147 Å². The van der Waals surface area contributed by atoms with Gasteiger partial charge in [0.1, 0.15) is 11.5 Å². The summed E-state index contributed by atoms with van der Waals surface area (Å²) >= 11 is 0. The molecule has 0 aromatic heterocycles. The second-order valence-corrected chi connectivity index (χ2v) is 7.61. The number of ether oxygens (including phenoxy) is 2. The van der Waals surface area contributed by atoms with Gasteiger partial charge in [-0.3, -0.25) is 4.79 Å². The van der Waals surface area contributed by atoms with Crippen molar-refractivity contribution in [1.29, 1.82) is 0 Å². The first-order chi connectivity index (χ1) is 11.8. The van der Waals surface area contributed by atoms with Gasteiger partial charge in [0.05, 0.1) is 18.0 Å². The third-order valence-corrected chi connectivity index (χ3v) is 4.73. The standard InChI is InChI=1S/C18H21NO5S/c1-13(14-7-9-17(10-8-14)25(3,21)22)19-18(20)12-24-16-6-4-5-15(11-16)23-2/h4-11,13H,12H2,1-3H3,(H,19,20)/t13-/m1/s1. The first-order valence-electron chi connectivity index (χ1n) is 7.66. The summed E-state index contributed by atoms with van der Waals surface area (Å²) in [7, 11) is -1.67. The van der Waals surface area contributed by atoms with E-state index in [4.69, 9.17) is 9.47 Å². The van der Waals surface area contributed by atoms with Crippen molar-refractivity contribution in [2.45, 2.75) is 17.9 Å². The number of amides is 1. The molecule has 0 radical (unpaired) electrons. The van der Waals surface area contributed by atoms with Gasteiger partial charge in [-0.05, 0) is 36.8 Å². The van der Waals surface area contributed by atoms with Gasteiger partial charge in [-0.25, -0.2) is 8.42 Å². The summed E-state index contributed by atoms with van der Waals surface area (Å²) in [6.07, 6.45) is 1.16. The van der Waals surface area contributed by atoms with Crippen LogP contribution >= 0.6 is 0 Å². The molecule has 0 fully saturated rings. The molecule has 2 aromatic carbocycles. The number of hydrogen-bond acceptors (Lipinski definition) is 5. The van der Waals surface area contributed by atoms with Crippen molar-refractivity contribution in [2.75, 3.05) is 20.0 Å². The largest absolute Gasteiger partial charge is 0.497 e. The Morgan fingerprint density at radius 2 is 1.76 bits per heavy atom. The number of nitrogens with one attached hydrogen (secondary N) is 1. The highest BCUT2D eigenvalue weighted by Gasteiger charge is 2.12. The fraction of sp³-hybridized carbons (Fsp3) is 0.278. The minimum atomic E-state index is -3.23. The van der Waals surface area contributed by atoms with Crippen LogP contribution < -0.4 is 14.8 Å². The van der Waals surface area contributed by atoms with Crippen LogP contribution in [-0.4, -0.2) is 34.3 Å². The second kappa shape index (κ2) is 8.02. The zero-order chi connectivity index (χ0) is 18.4. The third kappa shape index (κ3) is 5.49. The van der Waals surface area contributed by atoms with E-state index in [1.807, 2.05) is 6.92 Å². The first-order valence-corrected chi connectivity index (χ1v) is 9.55. The molecule has 0 unspecified atom stereocenters. The lowest BCUT2D eigenvalue weighted by Gasteiger charge is -2.15. The van der Waals surface area contributed by atoms with Crippen molar-refractivity contribution in [3.63, 3.8) is 0 Å². The predicted octanol–water partition coefficient (Wildman–Crippen LogP) is 2.35. The topological polar surface area (TPSA) is 81.7 Å². The smallest absolute Gasteiger partial charge is 0.258 e. The minimum absolute atomic E-state index is 0.126. The molecule has 2 aromatic rings. The van der Waals surface area contributed by atoms with E-state index in [0.717, 1.165) is 11.8 Å². The summed E-state index contributed by atoms with van der Waals surface area (Å²) in [4.78, 5) is 12.3. The molecule has 0 aliphatic rings. The van der Waals surface area contributed by atoms with Crippen LogP contribution in [0.15, 0.2) is 53.4 Å². The highest BCUT2D eigenvalue weighted by atomic mass is 32.2. The monoisotopic (exact) mass is 363 g/mol. The summed E-state index contributed by atoms with van der Waals surface area (Å²) in [5, 5.41) is 2.81. The number of sulfone groups is 1. The van der Waals surface area contributed by atoms with Crippen molar-refractivity contribution in [2.24, 2.45) is 0 Å². The maximum absolute atomic E-state index is 12.0. The normalized spacial score (nSPS) is 12.3. The van der Waals surface area contributed by atoms with Gasteiger partial charge < -0.3 is 14.8 Å². The molecule has 0 spiro atoms. The highest BCUT2D eigenvalue weighted by molar-refractivity contribution is 7.90. The molecule has 0 heterocycles. The quantitative estimate of drug-likeness (QED) is 0.817. The minimum Gasteiger partial charge on any atom is -0.497 e. The summed E-state index contributed by atoms with van der Waals surface area (Å²) in [5.74, 6) is 0.916. The Kier molecular flexibility index (Phi) is 6.03. The second-order valence-electron chi connectivity index (χ2n) is 5.60. The van der Waals surface area contributed by atoms with Crippen molar-refractivity contribution < 1.29 is 22.7 Å². The van der Waals surface area contributed by atoms with E-state index >= 15 is 0 Å². The molecule has 6 nitrogen and oxygen atoms in total. The maximum Gasteiger partial charge on any atom is 0.258 e. The van der Waals surface area contributed by atoms with Gasteiger partial charge in [0.2, 0.25) is 0 Å². The lowest BCUT2D eigenvalue weighted by molar-refractivity contribution is -0.123. The molecule has 1 amide bonds. The van der Waals surface area contributed by atoms with Crippen molar-refractivity contribution in [1.82, 2.24) is 5.32 Å². The van der Waals surface area contributed by atoms with Crippen LogP contribution in [-0.2, 0) is 14.6 Å². The first kappa shape index (κ1) is 18.8. The van der Waals surface area contributed by atoms with E-state index in [2.05, 4.69) is 5.32 Å². The van der Waals surface area contributed by atoms with Crippen LogP contribution in [0.2, 0.25) is 0 Å². The zero-order valence-corrected chi connectivity index (χ0v) is 15.2. The van der Waals surface area contributed by atoms with Crippen LogP contribution in [0, 0.1) is 0 Å². The highest BCUT2D eigenvalue weighted by Crippen LogP contribution is 2.19. The molecule has 7 heteroatoms. The number of benzene rings is 2. The molecule has 1 atom stereocenters. The lowest BCUT2D eigenvalue weighted by atomic mass is 10.1. The van der Waals surface area contributed by atoms with Crippen molar-refractivity contribution >= 4 is 15.7 Å². The number of carbonyl (C=O) groups is 1. The van der Waals surface area contributed by atoms with E-state index in [0.29, 0.717) is 11.5 Å². The molecule has 2 rings (SSSR count). The predicted molar refractivity (Wildman–Crippen MR) is 94.6 cm³/mol. The Hall–Kier alpha value is -2.54. The van der Waals surface area contributed by atoms with Crippen LogP contribution in [0.3, 0.4) is 0 Å².